The van der Waals surface area contributed by atoms with Crippen molar-refractivity contribution in [3.05, 3.63) is 43.7 Å². The second kappa shape index (κ2) is 9.82. The molecule has 6 nitrogen and oxygen atoms in total. The Kier molecular flexibility index (Phi) is 8.80. The van der Waals surface area contributed by atoms with Crippen LogP contribution >= 0.6 is 20.2 Å². The number of benzene rings is 1. The van der Waals surface area contributed by atoms with Crippen molar-refractivity contribution >= 4 is 40.5 Å². The van der Waals surface area contributed by atoms with Crippen molar-refractivity contribution in [2.75, 3.05) is 0 Å². The Balaban J connectivity index is 3.44. The zero-order chi connectivity index (χ0) is 22.5. The van der Waals surface area contributed by atoms with Crippen molar-refractivity contribution < 1.29 is 49.9 Å². The molecular weight excluding hydrogens is 569 g/mol. The number of unbranched alkanes of at least 4 members (excludes halogenated alkanes) is 1. The van der Waals surface area contributed by atoms with Crippen molar-refractivity contribution in [2.45, 2.75) is 37.2 Å². The Morgan fingerprint density at radius 2 is 1.48 bits per heavy atom. The molecule has 168 valence electrons. The van der Waals surface area contributed by atoms with Gasteiger partial charge in [-0.15, -0.1) is 0 Å². The van der Waals surface area contributed by atoms with Gasteiger partial charge < -0.3 is 0 Å². The minimum absolute atomic E-state index is 0.0356. The molecule has 29 heavy (non-hydrogen) atoms. The summed E-state index contributed by atoms with van der Waals surface area (Å²) in [5.41, 5.74) is -11.5. The molecule has 0 radical (unpaired) electrons. The summed E-state index contributed by atoms with van der Waals surface area (Å²) >= 11 is -4.01. The third-order valence-corrected chi connectivity index (χ3v) is 10.5. The fraction of sp³-hybridized carbons (Fsp3) is 0.429. The molecule has 0 aliphatic rings. The molecule has 1 aromatic carbocycles. The van der Waals surface area contributed by atoms with Gasteiger partial charge in [0.15, 0.2) is 0 Å². The Morgan fingerprint density at radius 1 is 0.966 bits per heavy atom. The molecule has 0 amide bonds. The van der Waals surface area contributed by atoms with Crippen molar-refractivity contribution in [3.63, 3.8) is 0 Å². The van der Waals surface area contributed by atoms with Gasteiger partial charge in [-0.2, -0.15) is 0 Å². The van der Waals surface area contributed by atoms with Crippen molar-refractivity contribution in [2.24, 2.45) is 0 Å². The van der Waals surface area contributed by atoms with Crippen LogP contribution in [0.1, 0.15) is 26.2 Å². The number of hydrogen-bond acceptors (Lipinski definition) is 6. The fourth-order valence-electron chi connectivity index (χ4n) is 1.55. The molecule has 0 unspecified atom stereocenters. The zero-order valence-corrected chi connectivity index (χ0v) is 18.3. The first kappa shape index (κ1) is 26.0. The zero-order valence-electron chi connectivity index (χ0n) is 14.5. The monoisotopic (exact) mass is 584 g/mol. The summed E-state index contributed by atoms with van der Waals surface area (Å²) in [7, 11) is -12.2. The quantitative estimate of drug-likeness (QED) is 0.133. The normalized spacial score (nSPS) is 14.6. The van der Waals surface area contributed by atoms with E-state index in [1.165, 1.54) is 30.3 Å². The van der Waals surface area contributed by atoms with Crippen LogP contribution in [0.5, 0.6) is 0 Å². The van der Waals surface area contributed by atoms with Crippen LogP contribution in [0.2, 0.25) is 0 Å². The molecule has 1 aromatic rings. The molecular formula is C14H15F6IO6S2. The number of hydrogen-bond donors (Lipinski definition) is 0. The molecule has 0 fully saturated rings. The molecule has 0 heterocycles. The van der Waals surface area contributed by atoms with E-state index >= 15 is 0 Å². The third-order valence-electron chi connectivity index (χ3n) is 2.88. The Morgan fingerprint density at radius 3 is 1.93 bits per heavy atom. The van der Waals surface area contributed by atoms with E-state index < -0.39 is 57.2 Å². The van der Waals surface area contributed by atoms with Crippen molar-refractivity contribution in [1.29, 1.82) is 0 Å². The first-order valence-electron chi connectivity index (χ1n) is 7.57. The van der Waals surface area contributed by atoms with Crippen LogP contribution in [-0.4, -0.2) is 27.9 Å². The molecule has 0 bridgehead atoms. The molecule has 0 aromatic heterocycles. The van der Waals surface area contributed by atoms with Gasteiger partial charge in [-0.3, -0.25) is 0 Å². The molecule has 0 spiro atoms. The van der Waals surface area contributed by atoms with Gasteiger partial charge in [-0.25, -0.2) is 0 Å². The van der Waals surface area contributed by atoms with E-state index in [-0.39, 0.29) is 16.4 Å². The number of alkyl halides is 6. The number of halogens is 7. The van der Waals surface area contributed by atoms with Crippen molar-refractivity contribution in [3.8, 4) is 0 Å². The summed E-state index contributed by atoms with van der Waals surface area (Å²) in [6.45, 7) is 1.62. The third kappa shape index (κ3) is 7.60. The van der Waals surface area contributed by atoms with Gasteiger partial charge in [0.2, 0.25) is 0 Å². The van der Waals surface area contributed by atoms with Crippen LogP contribution in [0.25, 0.3) is 0 Å². The molecule has 0 aliphatic carbocycles. The van der Waals surface area contributed by atoms with Gasteiger partial charge in [0.25, 0.3) is 0 Å². The maximum atomic E-state index is 12.7. The Labute approximate surface area is 171 Å². The molecule has 0 atom stereocenters. The maximum absolute atomic E-state index is 12.7. The predicted octanol–water partition coefficient (Wildman–Crippen LogP) is 5.04. The van der Waals surface area contributed by atoms with E-state index in [9.17, 15) is 43.2 Å². The average Bonchev–Trinajstić information content (AvgIpc) is 2.57. The Bertz CT molecular complexity index is 910. The first-order valence-corrected chi connectivity index (χ1v) is 13.6. The first-order chi connectivity index (χ1) is 13.1. The van der Waals surface area contributed by atoms with E-state index in [1.54, 1.807) is 6.92 Å². The molecule has 0 saturated carbocycles. The van der Waals surface area contributed by atoms with Gasteiger partial charge in [0.05, 0.1) is 0 Å². The summed E-state index contributed by atoms with van der Waals surface area (Å²) in [4.78, 5) is 0. The second-order valence-electron chi connectivity index (χ2n) is 5.20. The average molecular weight is 584 g/mol. The van der Waals surface area contributed by atoms with Crippen LogP contribution in [0.15, 0.2) is 40.2 Å². The van der Waals surface area contributed by atoms with E-state index in [2.05, 4.69) is 6.70 Å². The number of allylic oxidation sites excluding steroid dienone is 1. The second-order valence-corrected chi connectivity index (χ2v) is 12.7. The van der Waals surface area contributed by atoms with E-state index in [4.69, 9.17) is 0 Å². The predicted molar refractivity (Wildman–Crippen MR) is 98.9 cm³/mol. The van der Waals surface area contributed by atoms with Crippen LogP contribution in [0, 0.1) is 3.57 Å². The van der Waals surface area contributed by atoms with E-state index in [1.807, 2.05) is 0 Å². The van der Waals surface area contributed by atoms with Crippen LogP contribution in [-0.2, 0) is 26.9 Å². The van der Waals surface area contributed by atoms with Gasteiger partial charge in [0, 0.05) is 0 Å². The molecule has 1 rings (SSSR count). The van der Waals surface area contributed by atoms with Crippen LogP contribution < -0.4 is 0 Å². The van der Waals surface area contributed by atoms with Gasteiger partial charge in [0.1, 0.15) is 0 Å². The topological polar surface area (TPSA) is 86.7 Å². The van der Waals surface area contributed by atoms with Gasteiger partial charge in [-0.1, -0.05) is 0 Å². The minimum atomic E-state index is -6.10. The number of rotatable bonds is 9. The summed E-state index contributed by atoms with van der Waals surface area (Å²) < 4.78 is 130. The van der Waals surface area contributed by atoms with Crippen LogP contribution in [0.4, 0.5) is 26.3 Å². The van der Waals surface area contributed by atoms with E-state index in [0.717, 1.165) is 0 Å². The fourth-order valence-corrected chi connectivity index (χ4v) is 8.21. The molecule has 0 N–H and O–H groups in total. The summed E-state index contributed by atoms with van der Waals surface area (Å²) in [5.74, 6) is -0.837. The van der Waals surface area contributed by atoms with Gasteiger partial charge in [-0.05, 0) is 0 Å². The van der Waals surface area contributed by atoms with Gasteiger partial charge >= 0.3 is 171 Å². The summed E-state index contributed by atoms with van der Waals surface area (Å²) in [6.07, 6.45) is 0.125. The SMILES string of the molecule is CCCCC(=CI(OS(=O)(=O)C(F)(F)F)c1ccccc1)OS(=O)(=O)C(F)(F)F. The molecule has 0 aliphatic heterocycles. The summed E-state index contributed by atoms with van der Waals surface area (Å²) in [5, 5.41) is 0. The van der Waals surface area contributed by atoms with E-state index in [0.29, 0.717) is 10.5 Å². The molecule has 0 saturated heterocycles. The van der Waals surface area contributed by atoms with Crippen LogP contribution in [0.3, 0.4) is 0 Å². The molecule has 15 heteroatoms. The Hall–Kier alpha value is -1.07. The summed E-state index contributed by atoms with van der Waals surface area (Å²) in [6, 6.07) is 6.57. The standard InChI is InChI=1S/C14H15F6IO6S2/c1-2-3-9-12(26-28(22,23)13(15,16)17)10-21(11-7-5-4-6-8-11)27-29(24,25)14(18,19)20/h4-8,10H,2-3,9H2,1H3. The van der Waals surface area contributed by atoms with Crippen molar-refractivity contribution in [1.82, 2.24) is 0 Å².